The number of aliphatic hydroxyl groups is 1. The first-order valence-corrected chi connectivity index (χ1v) is 6.46. The molecule has 2 rings (SSSR count). The van der Waals surface area contributed by atoms with Gasteiger partial charge in [-0.15, -0.1) is 0 Å². The van der Waals surface area contributed by atoms with E-state index in [9.17, 15) is 5.11 Å². The number of aryl methyl sites for hydroxylation is 1. The summed E-state index contributed by atoms with van der Waals surface area (Å²) in [6, 6.07) is 9.11. The maximum absolute atomic E-state index is 9.73. The summed E-state index contributed by atoms with van der Waals surface area (Å²) < 4.78 is 5.74. The zero-order valence-corrected chi connectivity index (χ0v) is 11.7. The monoisotopic (exact) mass is 277 g/mol. The van der Waals surface area contributed by atoms with E-state index in [1.807, 2.05) is 19.1 Å². The van der Waals surface area contributed by atoms with Gasteiger partial charge in [-0.05, 0) is 43.7 Å². The Kier molecular flexibility index (Phi) is 4.40. The van der Waals surface area contributed by atoms with Gasteiger partial charge in [-0.2, -0.15) is 0 Å². The lowest BCUT2D eigenvalue weighted by molar-refractivity contribution is 0.190. The van der Waals surface area contributed by atoms with Gasteiger partial charge in [0.05, 0.1) is 11.8 Å². The second-order valence-corrected chi connectivity index (χ2v) is 4.85. The predicted octanol–water partition coefficient (Wildman–Crippen LogP) is 3.68. The Balaban J connectivity index is 2.18. The number of benzene rings is 1. The molecule has 3 nitrogen and oxygen atoms in total. The van der Waals surface area contributed by atoms with Crippen molar-refractivity contribution in [2.24, 2.45) is 0 Å². The summed E-state index contributed by atoms with van der Waals surface area (Å²) in [6.45, 7) is 4.04. The Labute approximate surface area is 117 Å². The van der Waals surface area contributed by atoms with Gasteiger partial charge in [0.2, 0.25) is 0 Å². The fraction of sp³-hybridized carbons (Fsp3) is 0.267. The Morgan fingerprint density at radius 3 is 2.84 bits per heavy atom. The van der Waals surface area contributed by atoms with Gasteiger partial charge in [-0.25, -0.2) is 0 Å². The van der Waals surface area contributed by atoms with Crippen LogP contribution in [0, 0.1) is 6.92 Å². The first-order valence-electron chi connectivity index (χ1n) is 6.08. The number of hydrogen-bond acceptors (Lipinski definition) is 3. The van der Waals surface area contributed by atoms with Crippen molar-refractivity contribution in [1.29, 1.82) is 0 Å². The number of ether oxygens (including phenoxy) is 1. The molecule has 0 amide bonds. The van der Waals surface area contributed by atoms with Crippen LogP contribution in [0.25, 0.3) is 0 Å². The van der Waals surface area contributed by atoms with Crippen molar-refractivity contribution in [2.75, 3.05) is 0 Å². The second kappa shape index (κ2) is 6.04. The highest BCUT2D eigenvalue weighted by molar-refractivity contribution is 6.30. The van der Waals surface area contributed by atoms with Crippen molar-refractivity contribution in [2.45, 2.75) is 26.6 Å². The van der Waals surface area contributed by atoms with E-state index in [4.69, 9.17) is 16.3 Å². The highest BCUT2D eigenvalue weighted by Gasteiger charge is 2.10. The van der Waals surface area contributed by atoms with Gasteiger partial charge in [0.25, 0.3) is 0 Å². The third-order valence-electron chi connectivity index (χ3n) is 2.90. The van der Waals surface area contributed by atoms with Crippen molar-refractivity contribution >= 4 is 11.6 Å². The third kappa shape index (κ3) is 3.46. The van der Waals surface area contributed by atoms with E-state index in [-0.39, 0.29) is 0 Å². The lowest BCUT2D eigenvalue weighted by Gasteiger charge is -2.14. The molecule has 0 fully saturated rings. The number of aliphatic hydroxyl groups excluding tert-OH is 1. The molecule has 0 saturated heterocycles. The Morgan fingerprint density at radius 1 is 1.37 bits per heavy atom. The van der Waals surface area contributed by atoms with Crippen LogP contribution < -0.4 is 4.74 Å². The van der Waals surface area contributed by atoms with E-state index in [2.05, 4.69) is 4.98 Å². The quantitative estimate of drug-likeness (QED) is 0.927. The van der Waals surface area contributed by atoms with Crippen molar-refractivity contribution in [3.63, 3.8) is 0 Å². The van der Waals surface area contributed by atoms with Crippen LogP contribution in [0.3, 0.4) is 0 Å². The minimum Gasteiger partial charge on any atom is -0.487 e. The molecule has 4 heteroatoms. The lowest BCUT2D eigenvalue weighted by atomic mass is 10.1. The maximum atomic E-state index is 9.73. The van der Waals surface area contributed by atoms with Gasteiger partial charge in [-0.3, -0.25) is 4.98 Å². The van der Waals surface area contributed by atoms with Gasteiger partial charge in [-0.1, -0.05) is 17.7 Å². The third-order valence-corrected chi connectivity index (χ3v) is 3.14. The Bertz CT molecular complexity index is 570. The molecule has 1 aromatic heterocycles. The number of nitrogens with zero attached hydrogens (tertiary/aromatic N) is 1. The molecular formula is C15H16ClNO2. The molecule has 19 heavy (non-hydrogen) atoms. The number of halogens is 1. The van der Waals surface area contributed by atoms with E-state index in [1.165, 1.54) is 0 Å². The second-order valence-electron chi connectivity index (χ2n) is 4.41. The summed E-state index contributed by atoms with van der Waals surface area (Å²) in [4.78, 5) is 4.27. The van der Waals surface area contributed by atoms with Gasteiger partial charge >= 0.3 is 0 Å². The van der Waals surface area contributed by atoms with Crippen LogP contribution in [0.4, 0.5) is 0 Å². The summed E-state index contributed by atoms with van der Waals surface area (Å²) in [5.41, 5.74) is 2.64. The minimum absolute atomic E-state index is 0.369. The molecule has 0 aliphatic carbocycles. The molecule has 0 bridgehead atoms. The molecule has 1 atom stereocenters. The zero-order chi connectivity index (χ0) is 13.8. The van der Waals surface area contributed by atoms with Crippen molar-refractivity contribution in [3.8, 4) is 5.75 Å². The Morgan fingerprint density at radius 2 is 2.16 bits per heavy atom. The highest BCUT2D eigenvalue weighted by atomic mass is 35.5. The van der Waals surface area contributed by atoms with Crippen molar-refractivity contribution < 1.29 is 9.84 Å². The van der Waals surface area contributed by atoms with Gasteiger partial charge in [0.15, 0.2) is 0 Å². The molecule has 1 aromatic carbocycles. The predicted molar refractivity (Wildman–Crippen MR) is 75.4 cm³/mol. The fourth-order valence-electron chi connectivity index (χ4n) is 1.79. The summed E-state index contributed by atoms with van der Waals surface area (Å²) in [5.74, 6) is 0.629. The fourth-order valence-corrected chi connectivity index (χ4v) is 1.97. The molecule has 0 aliphatic rings. The van der Waals surface area contributed by atoms with Gasteiger partial charge < -0.3 is 9.84 Å². The Hall–Kier alpha value is -1.58. The first kappa shape index (κ1) is 13.8. The summed E-state index contributed by atoms with van der Waals surface area (Å²) in [5, 5.41) is 10.3. The molecule has 1 N–H and O–H groups in total. The SMILES string of the molecule is Cc1cccnc1COc1ccc(Cl)cc1C(C)O. The van der Waals surface area contributed by atoms with Crippen LogP contribution in [-0.4, -0.2) is 10.1 Å². The van der Waals surface area contributed by atoms with E-state index in [1.54, 1.807) is 31.3 Å². The van der Waals surface area contributed by atoms with Crippen LogP contribution in [0.1, 0.15) is 29.8 Å². The van der Waals surface area contributed by atoms with E-state index in [0.29, 0.717) is 22.9 Å². The van der Waals surface area contributed by atoms with Crippen LogP contribution >= 0.6 is 11.6 Å². The lowest BCUT2D eigenvalue weighted by Crippen LogP contribution is -2.03. The summed E-state index contributed by atoms with van der Waals surface area (Å²) in [7, 11) is 0. The molecule has 0 radical (unpaired) electrons. The van der Waals surface area contributed by atoms with Crippen LogP contribution in [0.2, 0.25) is 5.02 Å². The van der Waals surface area contributed by atoms with Crippen LogP contribution in [-0.2, 0) is 6.61 Å². The van der Waals surface area contributed by atoms with Crippen LogP contribution in [0.5, 0.6) is 5.75 Å². The molecule has 0 spiro atoms. The minimum atomic E-state index is -0.626. The zero-order valence-electron chi connectivity index (χ0n) is 10.9. The molecule has 0 saturated carbocycles. The topological polar surface area (TPSA) is 42.4 Å². The van der Waals surface area contributed by atoms with Crippen molar-refractivity contribution in [3.05, 3.63) is 58.4 Å². The normalized spacial score (nSPS) is 12.2. The standard InChI is InChI=1S/C15H16ClNO2/c1-10-4-3-7-17-14(10)9-19-15-6-5-12(16)8-13(15)11(2)18/h3-8,11,18H,9H2,1-2H3. The molecule has 100 valence electrons. The number of aromatic nitrogens is 1. The van der Waals surface area contributed by atoms with E-state index in [0.717, 1.165) is 11.3 Å². The number of hydrogen-bond donors (Lipinski definition) is 1. The molecule has 0 aliphatic heterocycles. The molecule has 2 aromatic rings. The summed E-state index contributed by atoms with van der Waals surface area (Å²) >= 11 is 5.92. The van der Waals surface area contributed by atoms with Gasteiger partial charge in [0, 0.05) is 16.8 Å². The van der Waals surface area contributed by atoms with Crippen LogP contribution in [0.15, 0.2) is 36.5 Å². The van der Waals surface area contributed by atoms with Crippen molar-refractivity contribution in [1.82, 2.24) is 4.98 Å². The largest absolute Gasteiger partial charge is 0.487 e. The average molecular weight is 278 g/mol. The summed E-state index contributed by atoms with van der Waals surface area (Å²) in [6.07, 6.45) is 1.11. The maximum Gasteiger partial charge on any atom is 0.130 e. The number of rotatable bonds is 4. The number of pyridine rings is 1. The molecule has 1 heterocycles. The molecule has 1 unspecified atom stereocenters. The first-order chi connectivity index (χ1) is 9.08. The van der Waals surface area contributed by atoms with E-state index < -0.39 is 6.10 Å². The smallest absolute Gasteiger partial charge is 0.130 e. The highest BCUT2D eigenvalue weighted by Crippen LogP contribution is 2.28. The molecular weight excluding hydrogens is 262 g/mol. The average Bonchev–Trinajstić information content (AvgIpc) is 2.38. The van der Waals surface area contributed by atoms with E-state index >= 15 is 0 Å². The van der Waals surface area contributed by atoms with Gasteiger partial charge in [0.1, 0.15) is 12.4 Å².